The second kappa shape index (κ2) is 5.19. The molecule has 3 aliphatic carbocycles. The van der Waals surface area contributed by atoms with Gasteiger partial charge in [-0.05, 0) is 61.2 Å². The SMILES string of the molecule is CC[C@H]1CC[C@H]2[C@@H]3CC[C@@H]4[C@](C)(C=CC(=O)[N+]4(C)C)[C@H]3CC[C@]12C. The molecule has 2 nitrogen and oxygen atoms in total. The molecule has 3 saturated carbocycles. The lowest BCUT2D eigenvalue weighted by Gasteiger charge is -2.60. The van der Waals surface area contributed by atoms with Gasteiger partial charge in [-0.2, -0.15) is 0 Å². The lowest BCUT2D eigenvalue weighted by molar-refractivity contribution is -0.850. The molecule has 2 heteroatoms. The van der Waals surface area contributed by atoms with E-state index in [2.05, 4.69) is 40.9 Å². The van der Waals surface area contributed by atoms with Crippen molar-refractivity contribution < 1.29 is 9.28 Å². The van der Waals surface area contributed by atoms with Crippen molar-refractivity contribution in [3.63, 3.8) is 0 Å². The molecule has 1 heterocycles. The Morgan fingerprint density at radius 3 is 2.54 bits per heavy atom. The van der Waals surface area contributed by atoms with Crippen molar-refractivity contribution in [1.82, 2.24) is 0 Å². The minimum absolute atomic E-state index is 0.214. The predicted octanol–water partition coefficient (Wildman–Crippen LogP) is 4.80. The second-order valence-electron chi connectivity index (χ2n) is 10.3. The molecule has 1 amide bonds. The number of quaternary nitrogens is 1. The van der Waals surface area contributed by atoms with Crippen LogP contribution in [0.2, 0.25) is 0 Å². The number of fused-ring (bicyclic) bond motifs is 5. The molecule has 0 N–H and O–H groups in total. The van der Waals surface area contributed by atoms with Crippen molar-refractivity contribution in [3.8, 4) is 0 Å². The fourth-order valence-electron chi connectivity index (χ4n) is 8.00. The molecule has 0 radical (unpaired) electrons. The van der Waals surface area contributed by atoms with Crippen molar-refractivity contribution in [2.45, 2.75) is 71.8 Å². The largest absolute Gasteiger partial charge is 0.338 e. The molecule has 1 aliphatic heterocycles. The summed E-state index contributed by atoms with van der Waals surface area (Å²) in [5.74, 6) is 3.85. The van der Waals surface area contributed by atoms with E-state index in [1.54, 1.807) is 0 Å². The van der Waals surface area contributed by atoms with Crippen LogP contribution in [0.5, 0.6) is 0 Å². The maximum atomic E-state index is 12.5. The molecule has 3 fully saturated rings. The van der Waals surface area contributed by atoms with Gasteiger partial charge in [0, 0.05) is 17.9 Å². The van der Waals surface area contributed by atoms with Gasteiger partial charge in [0.2, 0.25) is 0 Å². The first-order valence-corrected chi connectivity index (χ1v) is 10.3. The fourth-order valence-corrected chi connectivity index (χ4v) is 8.00. The van der Waals surface area contributed by atoms with Crippen LogP contribution in [-0.4, -0.2) is 30.5 Å². The van der Waals surface area contributed by atoms with Crippen molar-refractivity contribution in [3.05, 3.63) is 12.2 Å². The van der Waals surface area contributed by atoms with Gasteiger partial charge in [-0.3, -0.25) is 4.48 Å². The van der Waals surface area contributed by atoms with E-state index in [1.165, 1.54) is 44.9 Å². The number of likely N-dealkylation sites (N-methyl/N-ethyl adjacent to an activating group) is 1. The van der Waals surface area contributed by atoms with E-state index >= 15 is 0 Å². The Bertz CT molecular complexity index is 579. The minimum atomic E-state index is 0.214. The Hall–Kier alpha value is -0.630. The van der Waals surface area contributed by atoms with Crippen molar-refractivity contribution in [1.29, 1.82) is 0 Å². The van der Waals surface area contributed by atoms with Gasteiger partial charge in [0.15, 0.2) is 0 Å². The summed E-state index contributed by atoms with van der Waals surface area (Å²) in [4.78, 5) is 12.5. The van der Waals surface area contributed by atoms with E-state index in [4.69, 9.17) is 0 Å². The third-order valence-electron chi connectivity index (χ3n) is 9.35. The summed E-state index contributed by atoms with van der Waals surface area (Å²) in [5, 5.41) is 0. The number of rotatable bonds is 1. The standard InChI is InChI=1S/C22H36NO/c1-6-15-7-9-17-16-8-10-19-22(3,14-12-20(24)23(19,4)5)18(16)11-13-21(15,17)2/h12,14-19H,6-11,13H2,1-5H3/q+1/t15-,16-,17-,18-,19+,21+,22+/m0/s1. The molecule has 0 aromatic heterocycles. The molecule has 7 atom stereocenters. The molecule has 134 valence electrons. The molecule has 0 unspecified atom stereocenters. The van der Waals surface area contributed by atoms with Crippen LogP contribution in [0.25, 0.3) is 0 Å². The topological polar surface area (TPSA) is 17.1 Å². The smallest absolute Gasteiger partial charge is 0.258 e. The van der Waals surface area contributed by atoms with Gasteiger partial charge in [0.05, 0.1) is 14.1 Å². The number of nitrogens with zero attached hydrogens (tertiary/aromatic N) is 1. The predicted molar refractivity (Wildman–Crippen MR) is 98.2 cm³/mol. The highest BCUT2D eigenvalue weighted by molar-refractivity contribution is 5.82. The lowest BCUT2D eigenvalue weighted by atomic mass is 9.47. The van der Waals surface area contributed by atoms with Gasteiger partial charge in [0.25, 0.3) is 0 Å². The summed E-state index contributed by atoms with van der Waals surface area (Å²) in [7, 11) is 4.29. The summed E-state index contributed by atoms with van der Waals surface area (Å²) in [6.45, 7) is 7.49. The van der Waals surface area contributed by atoms with Crippen LogP contribution < -0.4 is 0 Å². The number of amides is 1. The third kappa shape index (κ3) is 1.95. The summed E-state index contributed by atoms with van der Waals surface area (Å²) < 4.78 is 0.565. The maximum absolute atomic E-state index is 12.5. The average Bonchev–Trinajstić information content (AvgIpc) is 2.88. The van der Waals surface area contributed by atoms with Gasteiger partial charge in [-0.15, -0.1) is 0 Å². The minimum Gasteiger partial charge on any atom is -0.258 e. The van der Waals surface area contributed by atoms with Gasteiger partial charge >= 0.3 is 5.91 Å². The van der Waals surface area contributed by atoms with Crippen LogP contribution in [-0.2, 0) is 4.79 Å². The van der Waals surface area contributed by atoms with Crippen LogP contribution in [0.4, 0.5) is 0 Å². The van der Waals surface area contributed by atoms with E-state index < -0.39 is 0 Å². The molecule has 4 rings (SSSR count). The van der Waals surface area contributed by atoms with Gasteiger partial charge < -0.3 is 0 Å². The molecule has 0 bridgehead atoms. The van der Waals surface area contributed by atoms with Crippen molar-refractivity contribution >= 4 is 5.91 Å². The highest BCUT2D eigenvalue weighted by Gasteiger charge is 2.62. The summed E-state index contributed by atoms with van der Waals surface area (Å²) in [5.41, 5.74) is 0.809. The van der Waals surface area contributed by atoms with E-state index in [0.29, 0.717) is 21.8 Å². The quantitative estimate of drug-likeness (QED) is 0.631. The van der Waals surface area contributed by atoms with E-state index in [-0.39, 0.29) is 5.41 Å². The van der Waals surface area contributed by atoms with Gasteiger partial charge in [-0.25, -0.2) is 4.79 Å². The van der Waals surface area contributed by atoms with Crippen molar-refractivity contribution in [2.75, 3.05) is 14.1 Å². The molecule has 0 aromatic rings. The Morgan fingerprint density at radius 1 is 1.08 bits per heavy atom. The Kier molecular flexibility index (Phi) is 3.64. The Balaban J connectivity index is 1.70. The van der Waals surface area contributed by atoms with E-state index in [1.807, 2.05) is 6.08 Å². The van der Waals surface area contributed by atoms with Crippen LogP contribution in [0.15, 0.2) is 12.2 Å². The van der Waals surface area contributed by atoms with E-state index in [0.717, 1.165) is 23.7 Å². The zero-order valence-corrected chi connectivity index (χ0v) is 16.3. The van der Waals surface area contributed by atoms with Crippen LogP contribution in [0, 0.1) is 34.5 Å². The maximum Gasteiger partial charge on any atom is 0.338 e. The van der Waals surface area contributed by atoms with Crippen LogP contribution >= 0.6 is 0 Å². The summed E-state index contributed by atoms with van der Waals surface area (Å²) in [6.07, 6.45) is 13.9. The highest BCUT2D eigenvalue weighted by atomic mass is 16.2. The second-order valence-corrected chi connectivity index (χ2v) is 10.3. The molecule has 0 saturated heterocycles. The fraction of sp³-hybridized carbons (Fsp3) is 0.864. The molecular formula is C22H36NO+. The lowest BCUT2D eigenvalue weighted by Crippen LogP contribution is -2.66. The Morgan fingerprint density at radius 2 is 1.83 bits per heavy atom. The number of carbonyl (C=O) groups is 1. The zero-order chi connectivity index (χ0) is 17.3. The first-order chi connectivity index (χ1) is 11.2. The molecular weight excluding hydrogens is 294 g/mol. The van der Waals surface area contributed by atoms with Gasteiger partial charge in [-0.1, -0.05) is 33.3 Å². The number of hydrogen-bond acceptors (Lipinski definition) is 1. The summed E-state index contributed by atoms with van der Waals surface area (Å²) >= 11 is 0. The first-order valence-electron chi connectivity index (χ1n) is 10.3. The highest BCUT2D eigenvalue weighted by Crippen LogP contribution is 2.66. The zero-order valence-electron chi connectivity index (χ0n) is 16.3. The average molecular weight is 331 g/mol. The van der Waals surface area contributed by atoms with Crippen LogP contribution in [0.1, 0.15) is 65.7 Å². The first kappa shape index (κ1) is 16.8. The molecule has 0 aromatic carbocycles. The Labute approximate surface area is 148 Å². The number of carbonyl (C=O) groups excluding carboxylic acids is 1. The van der Waals surface area contributed by atoms with Crippen LogP contribution in [0.3, 0.4) is 0 Å². The number of hydrogen-bond donors (Lipinski definition) is 0. The monoisotopic (exact) mass is 330 g/mol. The van der Waals surface area contributed by atoms with Crippen molar-refractivity contribution in [2.24, 2.45) is 34.5 Å². The molecule has 24 heavy (non-hydrogen) atoms. The molecule has 4 aliphatic rings. The summed E-state index contributed by atoms with van der Waals surface area (Å²) in [6, 6.07) is 0.476. The van der Waals surface area contributed by atoms with Gasteiger partial charge in [0.1, 0.15) is 6.04 Å². The molecule has 0 spiro atoms. The van der Waals surface area contributed by atoms with E-state index in [9.17, 15) is 4.79 Å². The normalized spacial score (nSPS) is 52.5. The third-order valence-corrected chi connectivity index (χ3v) is 9.35.